The molecule has 5 nitrogen and oxygen atoms in total. The van der Waals surface area contributed by atoms with Gasteiger partial charge < -0.3 is 15.0 Å². The van der Waals surface area contributed by atoms with Crippen LogP contribution >= 0.6 is 0 Å². The number of piperazine rings is 1. The van der Waals surface area contributed by atoms with Crippen LogP contribution in [0.2, 0.25) is 0 Å². The van der Waals surface area contributed by atoms with Crippen LogP contribution in [-0.4, -0.2) is 67.3 Å². The maximum atomic E-state index is 12.0. The van der Waals surface area contributed by atoms with Crippen LogP contribution in [0.15, 0.2) is 0 Å². The predicted octanol–water partition coefficient (Wildman–Crippen LogP) is 0.265. The van der Waals surface area contributed by atoms with Gasteiger partial charge in [-0.15, -0.1) is 0 Å². The number of amides is 2. The lowest BCUT2D eigenvalue weighted by Crippen LogP contribution is -2.53. The topological polar surface area (TPSA) is 44.8 Å². The maximum Gasteiger partial charge on any atom is 0.317 e. The number of hydrogen-bond acceptors (Lipinski definition) is 3. The van der Waals surface area contributed by atoms with Crippen LogP contribution in [0.3, 0.4) is 0 Å². The Morgan fingerprint density at radius 3 is 2.47 bits per heavy atom. The molecule has 0 bridgehead atoms. The van der Waals surface area contributed by atoms with Gasteiger partial charge in [0.25, 0.3) is 0 Å². The third-order valence-electron chi connectivity index (χ3n) is 3.92. The molecule has 0 aromatic rings. The Kier molecular flexibility index (Phi) is 3.20. The van der Waals surface area contributed by atoms with Gasteiger partial charge in [0.05, 0.1) is 12.6 Å². The monoisotopic (exact) mass is 239 g/mol. The summed E-state index contributed by atoms with van der Waals surface area (Å²) in [6.07, 6.45) is 3.66. The molecule has 1 N–H and O–H groups in total. The van der Waals surface area contributed by atoms with E-state index in [4.69, 9.17) is 4.74 Å². The Balaban J connectivity index is 1.43. The summed E-state index contributed by atoms with van der Waals surface area (Å²) in [5.41, 5.74) is 0. The quantitative estimate of drug-likeness (QED) is 0.752. The molecular formula is C12H21N3O2. The highest BCUT2D eigenvalue weighted by Crippen LogP contribution is 2.27. The van der Waals surface area contributed by atoms with Crippen molar-refractivity contribution in [1.82, 2.24) is 15.1 Å². The van der Waals surface area contributed by atoms with Crippen LogP contribution in [0.25, 0.3) is 0 Å². The maximum absolute atomic E-state index is 12.0. The van der Waals surface area contributed by atoms with E-state index in [1.165, 1.54) is 12.8 Å². The summed E-state index contributed by atoms with van der Waals surface area (Å²) in [5.74, 6) is 0. The third kappa shape index (κ3) is 2.72. The van der Waals surface area contributed by atoms with E-state index in [9.17, 15) is 4.79 Å². The van der Waals surface area contributed by atoms with Gasteiger partial charge >= 0.3 is 6.03 Å². The molecule has 2 aliphatic heterocycles. The van der Waals surface area contributed by atoms with Gasteiger partial charge in [-0.2, -0.15) is 0 Å². The summed E-state index contributed by atoms with van der Waals surface area (Å²) >= 11 is 0. The molecule has 3 aliphatic rings. The molecule has 2 heterocycles. The molecule has 2 saturated heterocycles. The van der Waals surface area contributed by atoms with Crippen molar-refractivity contribution in [1.29, 1.82) is 0 Å². The molecule has 2 amide bonds. The lowest BCUT2D eigenvalue weighted by atomic mass is 10.2. The Morgan fingerprint density at radius 2 is 1.88 bits per heavy atom. The Hall–Kier alpha value is -0.810. The Bertz CT molecular complexity index is 279. The van der Waals surface area contributed by atoms with E-state index >= 15 is 0 Å². The SMILES string of the molecule is O=C(NC1CCOC1)N1CCN(C2CC2)CC1. The van der Waals surface area contributed by atoms with Gasteiger partial charge in [0.15, 0.2) is 0 Å². The number of nitrogens with one attached hydrogen (secondary N) is 1. The van der Waals surface area contributed by atoms with Crippen molar-refractivity contribution in [2.45, 2.75) is 31.3 Å². The fraction of sp³-hybridized carbons (Fsp3) is 0.917. The molecule has 0 aromatic carbocycles. The Morgan fingerprint density at radius 1 is 1.12 bits per heavy atom. The molecule has 1 atom stereocenters. The third-order valence-corrected chi connectivity index (χ3v) is 3.92. The second-order valence-electron chi connectivity index (χ2n) is 5.26. The molecule has 1 saturated carbocycles. The van der Waals surface area contributed by atoms with Crippen molar-refractivity contribution in [3.8, 4) is 0 Å². The number of rotatable bonds is 2. The highest BCUT2D eigenvalue weighted by atomic mass is 16.5. The van der Waals surface area contributed by atoms with Crippen molar-refractivity contribution in [2.75, 3.05) is 39.4 Å². The highest BCUT2D eigenvalue weighted by Gasteiger charge is 2.32. The standard InChI is InChI=1S/C12H21N3O2/c16-12(13-10-3-8-17-9-10)15-6-4-14(5-7-15)11-1-2-11/h10-11H,1-9H2,(H,13,16). The molecule has 0 radical (unpaired) electrons. The molecule has 17 heavy (non-hydrogen) atoms. The minimum Gasteiger partial charge on any atom is -0.379 e. The van der Waals surface area contributed by atoms with Crippen LogP contribution in [0, 0.1) is 0 Å². The van der Waals surface area contributed by atoms with Crippen molar-refractivity contribution in [2.24, 2.45) is 0 Å². The first-order chi connectivity index (χ1) is 8.33. The molecule has 0 spiro atoms. The zero-order valence-electron chi connectivity index (χ0n) is 10.2. The number of ether oxygens (including phenoxy) is 1. The van der Waals surface area contributed by atoms with Crippen molar-refractivity contribution < 1.29 is 9.53 Å². The normalized spacial score (nSPS) is 30.6. The van der Waals surface area contributed by atoms with E-state index in [0.717, 1.165) is 45.2 Å². The van der Waals surface area contributed by atoms with Gasteiger partial charge in [-0.1, -0.05) is 0 Å². The molecule has 96 valence electrons. The van der Waals surface area contributed by atoms with Crippen molar-refractivity contribution in [3.05, 3.63) is 0 Å². The molecule has 5 heteroatoms. The first-order valence-corrected chi connectivity index (χ1v) is 6.70. The van der Waals surface area contributed by atoms with E-state index in [1.807, 2.05) is 4.90 Å². The van der Waals surface area contributed by atoms with Gasteiger partial charge in [-0.05, 0) is 19.3 Å². The molecule has 3 fully saturated rings. The van der Waals surface area contributed by atoms with Crippen LogP contribution in [0.1, 0.15) is 19.3 Å². The number of nitrogens with zero attached hydrogens (tertiary/aromatic N) is 2. The zero-order chi connectivity index (χ0) is 11.7. The molecule has 0 aromatic heterocycles. The summed E-state index contributed by atoms with van der Waals surface area (Å²) < 4.78 is 5.26. The van der Waals surface area contributed by atoms with Gasteiger partial charge in [-0.3, -0.25) is 4.90 Å². The van der Waals surface area contributed by atoms with E-state index in [0.29, 0.717) is 6.61 Å². The number of urea groups is 1. The van der Waals surface area contributed by atoms with E-state index in [-0.39, 0.29) is 12.1 Å². The minimum absolute atomic E-state index is 0.0935. The average Bonchev–Trinajstić information content (AvgIpc) is 3.09. The fourth-order valence-electron chi connectivity index (χ4n) is 2.64. The first-order valence-electron chi connectivity index (χ1n) is 6.70. The lowest BCUT2D eigenvalue weighted by molar-refractivity contribution is 0.131. The minimum atomic E-state index is 0.0935. The molecule has 1 unspecified atom stereocenters. The van der Waals surface area contributed by atoms with Gasteiger partial charge in [0.2, 0.25) is 0 Å². The summed E-state index contributed by atoms with van der Waals surface area (Å²) in [4.78, 5) is 16.4. The number of hydrogen-bond donors (Lipinski definition) is 1. The largest absolute Gasteiger partial charge is 0.379 e. The predicted molar refractivity (Wildman–Crippen MR) is 63.9 cm³/mol. The van der Waals surface area contributed by atoms with Crippen molar-refractivity contribution >= 4 is 6.03 Å². The van der Waals surface area contributed by atoms with Crippen LogP contribution in [-0.2, 0) is 4.74 Å². The fourth-order valence-corrected chi connectivity index (χ4v) is 2.64. The van der Waals surface area contributed by atoms with Gasteiger partial charge in [0.1, 0.15) is 0 Å². The van der Waals surface area contributed by atoms with Crippen LogP contribution in [0.5, 0.6) is 0 Å². The molecule has 1 aliphatic carbocycles. The summed E-state index contributed by atoms with van der Waals surface area (Å²) in [6.45, 7) is 5.28. The summed E-state index contributed by atoms with van der Waals surface area (Å²) in [6, 6.07) is 1.14. The van der Waals surface area contributed by atoms with Crippen LogP contribution in [0.4, 0.5) is 4.79 Å². The molecule has 3 rings (SSSR count). The van der Waals surface area contributed by atoms with E-state index < -0.39 is 0 Å². The zero-order valence-corrected chi connectivity index (χ0v) is 10.2. The van der Waals surface area contributed by atoms with Crippen molar-refractivity contribution in [3.63, 3.8) is 0 Å². The highest BCUT2D eigenvalue weighted by molar-refractivity contribution is 5.74. The average molecular weight is 239 g/mol. The first kappa shape index (κ1) is 11.3. The molecular weight excluding hydrogens is 218 g/mol. The number of carbonyl (C=O) groups is 1. The summed E-state index contributed by atoms with van der Waals surface area (Å²) in [5, 5.41) is 3.05. The van der Waals surface area contributed by atoms with E-state index in [1.54, 1.807) is 0 Å². The lowest BCUT2D eigenvalue weighted by Gasteiger charge is -2.35. The van der Waals surface area contributed by atoms with Gasteiger partial charge in [0, 0.05) is 38.8 Å². The number of carbonyl (C=O) groups excluding carboxylic acids is 1. The van der Waals surface area contributed by atoms with Gasteiger partial charge in [-0.25, -0.2) is 4.79 Å². The van der Waals surface area contributed by atoms with E-state index in [2.05, 4.69) is 10.2 Å². The summed E-state index contributed by atoms with van der Waals surface area (Å²) in [7, 11) is 0. The second kappa shape index (κ2) is 4.82. The Labute approximate surface area is 102 Å². The second-order valence-corrected chi connectivity index (χ2v) is 5.26. The smallest absolute Gasteiger partial charge is 0.317 e. The van der Waals surface area contributed by atoms with Crippen LogP contribution < -0.4 is 5.32 Å².